The van der Waals surface area contributed by atoms with Crippen molar-refractivity contribution in [2.24, 2.45) is 17.3 Å². The van der Waals surface area contributed by atoms with Crippen molar-refractivity contribution in [3.05, 3.63) is 0 Å². The molecule has 0 aromatic rings. The summed E-state index contributed by atoms with van der Waals surface area (Å²) in [7, 11) is 0. The molecule has 126 valence electrons. The molecule has 0 aliphatic heterocycles. The molecule has 0 aromatic heterocycles. The average Bonchev–Trinajstić information content (AvgIpc) is 2.47. The van der Waals surface area contributed by atoms with E-state index < -0.39 is 0 Å². The largest absolute Gasteiger partial charge is 0.360 e. The van der Waals surface area contributed by atoms with Gasteiger partial charge in [-0.25, -0.2) is 0 Å². The molecule has 2 fully saturated rings. The predicted octanol–water partition coefficient (Wildman–Crippen LogP) is 4.16. The van der Waals surface area contributed by atoms with Crippen molar-refractivity contribution in [3.8, 4) is 0 Å². The number of carbonyl (C=O) groups is 1. The van der Waals surface area contributed by atoms with Crippen LogP contribution in [0.2, 0.25) is 0 Å². The molecule has 0 radical (unpaired) electrons. The van der Waals surface area contributed by atoms with Crippen LogP contribution in [0.25, 0.3) is 0 Å². The molecule has 3 nitrogen and oxygen atoms in total. The molecule has 2 saturated carbocycles. The number of amides is 1. The number of hydrogen-bond donors (Lipinski definition) is 2. The summed E-state index contributed by atoms with van der Waals surface area (Å²) in [5, 5.41) is 6.82. The van der Waals surface area contributed by atoms with Gasteiger partial charge in [-0.3, -0.25) is 4.79 Å². The Morgan fingerprint density at radius 1 is 0.955 bits per heavy atom. The molecule has 0 unspecified atom stereocenters. The third kappa shape index (κ3) is 5.22. The van der Waals surface area contributed by atoms with E-state index in [2.05, 4.69) is 31.4 Å². The molecular formula is C18H32N2OS. The van der Waals surface area contributed by atoms with Crippen LogP contribution in [0.1, 0.15) is 78.6 Å². The molecule has 2 aliphatic carbocycles. The molecule has 1 amide bonds. The molecule has 0 aromatic carbocycles. The second-order valence-electron chi connectivity index (χ2n) is 8.21. The zero-order valence-electron chi connectivity index (χ0n) is 14.4. The second kappa shape index (κ2) is 7.76. The molecule has 2 N–H and O–H groups in total. The van der Waals surface area contributed by atoms with Gasteiger partial charge in [0, 0.05) is 12.0 Å². The summed E-state index contributed by atoms with van der Waals surface area (Å²) in [5.74, 6) is 1.10. The minimum absolute atomic E-state index is 0.126. The van der Waals surface area contributed by atoms with Crippen LogP contribution in [0, 0.1) is 17.3 Å². The normalized spacial score (nSPS) is 27.2. The van der Waals surface area contributed by atoms with Crippen LogP contribution >= 0.6 is 12.2 Å². The van der Waals surface area contributed by atoms with E-state index in [0.29, 0.717) is 16.6 Å². The van der Waals surface area contributed by atoms with E-state index in [9.17, 15) is 4.79 Å². The molecule has 22 heavy (non-hydrogen) atoms. The van der Waals surface area contributed by atoms with Crippen molar-refractivity contribution < 1.29 is 4.79 Å². The second-order valence-corrected chi connectivity index (χ2v) is 8.62. The van der Waals surface area contributed by atoms with Gasteiger partial charge in [0.25, 0.3) is 0 Å². The first-order chi connectivity index (χ1) is 10.4. The van der Waals surface area contributed by atoms with Crippen molar-refractivity contribution in [3.63, 3.8) is 0 Å². The highest BCUT2D eigenvalue weighted by molar-refractivity contribution is 7.80. The standard InChI is InChI=1S/C18H32N2OS/c1-18(2,3)14-9-11-15(12-10-14)19-17(22)20-16(21)13-7-5-4-6-8-13/h13-15H,4-12H2,1-3H3,(H2,19,20,21,22). The minimum Gasteiger partial charge on any atom is -0.360 e. The van der Waals surface area contributed by atoms with Crippen molar-refractivity contribution in [2.45, 2.75) is 84.6 Å². The van der Waals surface area contributed by atoms with E-state index in [0.717, 1.165) is 31.6 Å². The van der Waals surface area contributed by atoms with Crippen molar-refractivity contribution >= 4 is 23.2 Å². The molecule has 2 aliphatic rings. The fraction of sp³-hybridized carbons (Fsp3) is 0.889. The highest BCUT2D eigenvalue weighted by atomic mass is 32.1. The Balaban J connectivity index is 1.70. The highest BCUT2D eigenvalue weighted by Crippen LogP contribution is 2.37. The van der Waals surface area contributed by atoms with Gasteiger partial charge in [-0.05, 0) is 62.1 Å². The monoisotopic (exact) mass is 324 g/mol. The maximum atomic E-state index is 12.2. The third-order valence-corrected chi connectivity index (χ3v) is 5.72. The van der Waals surface area contributed by atoms with Gasteiger partial charge in [-0.1, -0.05) is 40.0 Å². The summed E-state index contributed by atoms with van der Waals surface area (Å²) in [5.41, 5.74) is 0.403. The number of nitrogens with one attached hydrogen (secondary N) is 2. The van der Waals surface area contributed by atoms with E-state index in [-0.39, 0.29) is 11.8 Å². The lowest BCUT2D eigenvalue weighted by Gasteiger charge is -2.37. The first kappa shape index (κ1) is 17.7. The van der Waals surface area contributed by atoms with Gasteiger partial charge in [0.1, 0.15) is 0 Å². The van der Waals surface area contributed by atoms with Gasteiger partial charge < -0.3 is 10.6 Å². The summed E-state index contributed by atoms with van der Waals surface area (Å²) < 4.78 is 0. The molecule has 0 bridgehead atoms. The number of rotatable bonds is 2. The number of hydrogen-bond acceptors (Lipinski definition) is 2. The third-order valence-electron chi connectivity index (χ3n) is 5.50. The summed E-state index contributed by atoms with van der Waals surface area (Å²) >= 11 is 5.34. The smallest absolute Gasteiger partial charge is 0.229 e. The highest BCUT2D eigenvalue weighted by Gasteiger charge is 2.30. The van der Waals surface area contributed by atoms with Crippen molar-refractivity contribution in [1.82, 2.24) is 10.6 Å². The van der Waals surface area contributed by atoms with Gasteiger partial charge in [0.15, 0.2) is 5.11 Å². The van der Waals surface area contributed by atoms with Crippen molar-refractivity contribution in [2.75, 3.05) is 0 Å². The van der Waals surface area contributed by atoms with Gasteiger partial charge in [0.2, 0.25) is 5.91 Å². The van der Waals surface area contributed by atoms with E-state index in [1.165, 1.54) is 32.1 Å². The summed E-state index contributed by atoms with van der Waals surface area (Å²) in [6.45, 7) is 7.00. The zero-order chi connectivity index (χ0) is 16.2. The molecule has 0 atom stereocenters. The maximum absolute atomic E-state index is 12.2. The molecule has 0 saturated heterocycles. The maximum Gasteiger partial charge on any atom is 0.229 e. The lowest BCUT2D eigenvalue weighted by molar-refractivity contribution is -0.124. The number of thiocarbonyl (C=S) groups is 1. The van der Waals surface area contributed by atoms with Gasteiger partial charge in [0.05, 0.1) is 0 Å². The number of carbonyl (C=O) groups excluding carboxylic acids is 1. The van der Waals surface area contributed by atoms with E-state index in [4.69, 9.17) is 12.2 Å². The van der Waals surface area contributed by atoms with Crippen LogP contribution in [0.15, 0.2) is 0 Å². The van der Waals surface area contributed by atoms with Crippen LogP contribution in [0.4, 0.5) is 0 Å². The molecule has 0 spiro atoms. The topological polar surface area (TPSA) is 41.1 Å². The van der Waals surface area contributed by atoms with Crippen LogP contribution < -0.4 is 10.6 Å². The van der Waals surface area contributed by atoms with Crippen LogP contribution in [-0.4, -0.2) is 17.1 Å². The quantitative estimate of drug-likeness (QED) is 0.749. The Kier molecular flexibility index (Phi) is 6.25. The van der Waals surface area contributed by atoms with E-state index >= 15 is 0 Å². The summed E-state index contributed by atoms with van der Waals surface area (Å²) in [6.07, 6.45) is 10.5. The predicted molar refractivity (Wildman–Crippen MR) is 95.7 cm³/mol. The Hall–Kier alpha value is -0.640. The minimum atomic E-state index is 0.126. The first-order valence-electron chi connectivity index (χ1n) is 8.97. The van der Waals surface area contributed by atoms with E-state index in [1.54, 1.807) is 0 Å². The zero-order valence-corrected chi connectivity index (χ0v) is 15.2. The lowest BCUT2D eigenvalue weighted by atomic mass is 9.71. The summed E-state index contributed by atoms with van der Waals surface area (Å²) in [6, 6.07) is 0.428. The Morgan fingerprint density at radius 3 is 2.09 bits per heavy atom. The molecular weight excluding hydrogens is 292 g/mol. The van der Waals surface area contributed by atoms with Gasteiger partial charge in [-0.2, -0.15) is 0 Å². The molecule has 2 rings (SSSR count). The lowest BCUT2D eigenvalue weighted by Crippen LogP contribution is -2.47. The molecule has 4 heteroatoms. The average molecular weight is 325 g/mol. The van der Waals surface area contributed by atoms with Crippen LogP contribution in [0.5, 0.6) is 0 Å². The fourth-order valence-corrected chi connectivity index (χ4v) is 4.17. The Morgan fingerprint density at radius 2 is 1.55 bits per heavy atom. The van der Waals surface area contributed by atoms with E-state index in [1.807, 2.05) is 0 Å². The van der Waals surface area contributed by atoms with Gasteiger partial charge >= 0.3 is 0 Å². The SMILES string of the molecule is CC(C)(C)C1CCC(NC(=S)NC(=O)C2CCCCC2)CC1. The Bertz CT molecular complexity index is 388. The van der Waals surface area contributed by atoms with Crippen LogP contribution in [-0.2, 0) is 4.79 Å². The Labute approximate surface area is 141 Å². The first-order valence-corrected chi connectivity index (χ1v) is 9.38. The van der Waals surface area contributed by atoms with Crippen LogP contribution in [0.3, 0.4) is 0 Å². The summed E-state index contributed by atoms with van der Waals surface area (Å²) in [4.78, 5) is 12.2. The fourth-order valence-electron chi connectivity index (χ4n) is 3.90. The molecule has 0 heterocycles. The van der Waals surface area contributed by atoms with Gasteiger partial charge in [-0.15, -0.1) is 0 Å². The van der Waals surface area contributed by atoms with Crippen molar-refractivity contribution in [1.29, 1.82) is 0 Å².